The summed E-state index contributed by atoms with van der Waals surface area (Å²) in [7, 11) is 0. The van der Waals surface area contributed by atoms with E-state index < -0.39 is 0 Å². The van der Waals surface area contributed by atoms with Gasteiger partial charge < -0.3 is 10.3 Å². The average molecular weight is 351 g/mol. The number of nitrogens with zero attached hydrogens (tertiary/aromatic N) is 3. The molecule has 0 bridgehead atoms. The largest absolute Gasteiger partial charge is 0.349 e. The number of allylic oxidation sites excluding steroid dienone is 1. The maximum Gasteiger partial charge on any atom is 0.243 e. The second kappa shape index (κ2) is 6.60. The molecule has 0 spiro atoms. The van der Waals surface area contributed by atoms with E-state index in [4.69, 9.17) is 0 Å². The van der Waals surface area contributed by atoms with E-state index in [1.165, 1.54) is 23.0 Å². The van der Waals surface area contributed by atoms with Crippen LogP contribution >= 0.6 is 11.3 Å². The van der Waals surface area contributed by atoms with Crippen LogP contribution in [0.3, 0.4) is 0 Å². The van der Waals surface area contributed by atoms with Gasteiger partial charge >= 0.3 is 0 Å². The van der Waals surface area contributed by atoms with Gasteiger partial charge in [-0.2, -0.15) is 0 Å². The number of carbonyl (C=O) groups is 1. The lowest BCUT2D eigenvalue weighted by Crippen LogP contribution is -2.34. The molecule has 3 heterocycles. The first-order valence-corrected chi connectivity index (χ1v) is 8.99. The van der Waals surface area contributed by atoms with E-state index in [0.29, 0.717) is 0 Å². The number of amides is 1. The Hall–Kier alpha value is -2.80. The number of pyridine rings is 1. The highest BCUT2D eigenvalue weighted by Crippen LogP contribution is 2.37. The third-order valence-electron chi connectivity index (χ3n) is 4.41. The van der Waals surface area contributed by atoms with Crippen LogP contribution in [-0.4, -0.2) is 32.1 Å². The summed E-state index contributed by atoms with van der Waals surface area (Å²) in [6.07, 6.45) is 9.98. The van der Waals surface area contributed by atoms with Crippen molar-refractivity contribution in [3.8, 4) is 10.6 Å². The van der Waals surface area contributed by atoms with E-state index in [2.05, 4.69) is 38.1 Å². The maximum absolute atomic E-state index is 11.6. The molecule has 0 fully saturated rings. The van der Waals surface area contributed by atoms with E-state index in [0.717, 1.165) is 46.4 Å². The number of aromatic nitrogens is 4. The summed E-state index contributed by atoms with van der Waals surface area (Å²) in [5.74, 6) is -0.123. The first kappa shape index (κ1) is 15.7. The van der Waals surface area contributed by atoms with Crippen molar-refractivity contribution in [2.75, 3.05) is 0 Å². The standard InChI is InChI=1S/C18H17N5OS/c1-2-15(24)22-12-5-3-4-11(8-12)13-6-7-19-17-16(13)14(9-20-17)18-23-21-10-25-18/h2,4,6-7,9-10,12H,1,3,5,8H2,(H,19,20)(H,22,24). The Balaban J connectivity index is 1.74. The van der Waals surface area contributed by atoms with Crippen LogP contribution in [-0.2, 0) is 4.79 Å². The van der Waals surface area contributed by atoms with E-state index >= 15 is 0 Å². The Kier molecular flexibility index (Phi) is 4.15. The summed E-state index contributed by atoms with van der Waals surface area (Å²) < 4.78 is 0. The molecule has 1 aliphatic carbocycles. The van der Waals surface area contributed by atoms with Gasteiger partial charge in [-0.15, -0.1) is 10.2 Å². The molecule has 0 saturated heterocycles. The molecular formula is C18H17N5OS. The quantitative estimate of drug-likeness (QED) is 0.706. The Morgan fingerprint density at radius 3 is 3.16 bits per heavy atom. The van der Waals surface area contributed by atoms with Gasteiger partial charge in [-0.1, -0.05) is 24.0 Å². The molecule has 3 aromatic rings. The Morgan fingerprint density at radius 2 is 2.36 bits per heavy atom. The zero-order valence-electron chi connectivity index (χ0n) is 13.5. The highest BCUT2D eigenvalue weighted by atomic mass is 32.1. The van der Waals surface area contributed by atoms with E-state index in [1.54, 1.807) is 5.51 Å². The van der Waals surface area contributed by atoms with Crippen LogP contribution in [0, 0.1) is 0 Å². The van der Waals surface area contributed by atoms with Crippen molar-refractivity contribution in [3.05, 3.63) is 48.3 Å². The summed E-state index contributed by atoms with van der Waals surface area (Å²) in [5.41, 5.74) is 5.93. The minimum absolute atomic E-state index is 0.123. The van der Waals surface area contributed by atoms with Crippen molar-refractivity contribution in [1.29, 1.82) is 0 Å². The molecule has 6 nitrogen and oxygen atoms in total. The van der Waals surface area contributed by atoms with Gasteiger partial charge in [-0.3, -0.25) is 4.79 Å². The van der Waals surface area contributed by atoms with Crippen LogP contribution in [0.15, 0.2) is 42.7 Å². The molecule has 0 aromatic carbocycles. The lowest BCUT2D eigenvalue weighted by atomic mass is 9.88. The third kappa shape index (κ3) is 2.98. The summed E-state index contributed by atoms with van der Waals surface area (Å²) in [4.78, 5) is 19.3. The minimum Gasteiger partial charge on any atom is -0.349 e. The van der Waals surface area contributed by atoms with E-state index in [1.807, 2.05) is 18.5 Å². The van der Waals surface area contributed by atoms with Gasteiger partial charge in [0.15, 0.2) is 0 Å². The second-order valence-electron chi connectivity index (χ2n) is 5.95. The van der Waals surface area contributed by atoms with Gasteiger partial charge in [0.25, 0.3) is 0 Å². The number of rotatable bonds is 4. The predicted molar refractivity (Wildman–Crippen MR) is 99.0 cm³/mol. The van der Waals surface area contributed by atoms with Crippen LogP contribution < -0.4 is 5.32 Å². The van der Waals surface area contributed by atoms with Crippen LogP contribution in [0.2, 0.25) is 0 Å². The molecule has 7 heteroatoms. The van der Waals surface area contributed by atoms with Gasteiger partial charge in [-0.25, -0.2) is 4.98 Å². The number of hydrogen-bond acceptors (Lipinski definition) is 5. The van der Waals surface area contributed by atoms with Crippen molar-refractivity contribution >= 4 is 33.9 Å². The Bertz CT molecular complexity index is 957. The van der Waals surface area contributed by atoms with E-state index in [9.17, 15) is 4.79 Å². The molecule has 2 N–H and O–H groups in total. The fourth-order valence-electron chi connectivity index (χ4n) is 3.30. The topological polar surface area (TPSA) is 83.6 Å². The van der Waals surface area contributed by atoms with E-state index in [-0.39, 0.29) is 11.9 Å². The van der Waals surface area contributed by atoms with Crippen molar-refractivity contribution in [3.63, 3.8) is 0 Å². The molecule has 0 radical (unpaired) electrons. The molecule has 1 unspecified atom stereocenters. The first-order valence-electron chi connectivity index (χ1n) is 8.11. The zero-order valence-corrected chi connectivity index (χ0v) is 14.3. The summed E-state index contributed by atoms with van der Waals surface area (Å²) in [6.45, 7) is 3.53. The Morgan fingerprint density at radius 1 is 1.44 bits per heavy atom. The molecule has 25 heavy (non-hydrogen) atoms. The predicted octanol–water partition coefficient (Wildman–Crippen LogP) is 3.32. The average Bonchev–Trinajstić information content (AvgIpc) is 3.30. The second-order valence-corrected chi connectivity index (χ2v) is 6.78. The minimum atomic E-state index is -0.123. The number of nitrogens with one attached hydrogen (secondary N) is 2. The van der Waals surface area contributed by atoms with Gasteiger partial charge in [0, 0.05) is 29.4 Å². The third-order valence-corrected chi connectivity index (χ3v) is 5.14. The zero-order chi connectivity index (χ0) is 17.2. The van der Waals surface area contributed by atoms with Crippen LogP contribution in [0.1, 0.15) is 24.8 Å². The first-order chi connectivity index (χ1) is 12.3. The Labute approximate surface area is 148 Å². The van der Waals surface area contributed by atoms with Gasteiger partial charge in [0.05, 0.1) is 0 Å². The lowest BCUT2D eigenvalue weighted by Gasteiger charge is -2.24. The fraction of sp³-hybridized carbons (Fsp3) is 0.222. The number of carbonyl (C=O) groups excluding carboxylic acids is 1. The van der Waals surface area contributed by atoms with Crippen LogP contribution in [0.25, 0.3) is 27.2 Å². The number of hydrogen-bond donors (Lipinski definition) is 2. The van der Waals surface area contributed by atoms with Crippen LogP contribution in [0.5, 0.6) is 0 Å². The fourth-order valence-corrected chi connectivity index (χ4v) is 3.87. The van der Waals surface area contributed by atoms with Crippen molar-refractivity contribution < 1.29 is 4.79 Å². The van der Waals surface area contributed by atoms with Gasteiger partial charge in [-0.05, 0) is 42.5 Å². The van der Waals surface area contributed by atoms with Crippen LogP contribution in [0.4, 0.5) is 0 Å². The molecule has 4 rings (SSSR count). The smallest absolute Gasteiger partial charge is 0.243 e. The molecule has 1 amide bonds. The molecule has 0 saturated carbocycles. The number of aromatic amines is 1. The molecule has 126 valence electrons. The number of H-pyrrole nitrogens is 1. The lowest BCUT2D eigenvalue weighted by molar-refractivity contribution is -0.117. The molecule has 1 atom stereocenters. The van der Waals surface area contributed by atoms with Gasteiger partial charge in [0.2, 0.25) is 5.91 Å². The summed E-state index contributed by atoms with van der Waals surface area (Å²) in [5, 5.41) is 13.1. The van der Waals surface area contributed by atoms with Crippen molar-refractivity contribution in [2.45, 2.75) is 25.3 Å². The maximum atomic E-state index is 11.6. The normalized spacial score (nSPS) is 17.3. The summed E-state index contributed by atoms with van der Waals surface area (Å²) in [6, 6.07) is 2.15. The SMILES string of the molecule is C=CC(=O)NC1CCC=C(c2ccnc3[nH]cc(-c4nncs4)c23)C1. The molecule has 0 aliphatic heterocycles. The molecule has 3 aromatic heterocycles. The highest BCUT2D eigenvalue weighted by molar-refractivity contribution is 7.12. The monoisotopic (exact) mass is 351 g/mol. The number of fused-ring (bicyclic) bond motifs is 1. The van der Waals surface area contributed by atoms with Crippen molar-refractivity contribution in [2.24, 2.45) is 0 Å². The van der Waals surface area contributed by atoms with Gasteiger partial charge in [0.1, 0.15) is 16.2 Å². The summed E-state index contributed by atoms with van der Waals surface area (Å²) >= 11 is 1.51. The highest BCUT2D eigenvalue weighted by Gasteiger charge is 2.21. The van der Waals surface area contributed by atoms with Crippen molar-refractivity contribution in [1.82, 2.24) is 25.5 Å². The molecule has 1 aliphatic rings. The molecular weight excluding hydrogens is 334 g/mol.